The second-order valence-corrected chi connectivity index (χ2v) is 22.7. The van der Waals surface area contributed by atoms with Gasteiger partial charge in [0.05, 0.1) is 68.8 Å². The van der Waals surface area contributed by atoms with Crippen molar-refractivity contribution in [2.75, 3.05) is 46.8 Å². The summed E-state index contributed by atoms with van der Waals surface area (Å²) in [6.45, 7) is 12.8. The highest BCUT2D eigenvalue weighted by Crippen LogP contribution is 2.35. The van der Waals surface area contributed by atoms with Crippen molar-refractivity contribution >= 4 is 57.1 Å². The third-order valence-electron chi connectivity index (χ3n) is 13.8. The predicted molar refractivity (Wildman–Crippen MR) is 355 cm³/mol. The van der Waals surface area contributed by atoms with Gasteiger partial charge in [-0.05, 0) is 123 Å². The monoisotopic (exact) mass is 1240 g/mol. The Balaban J connectivity index is 0.000000186. The zero-order valence-electron chi connectivity index (χ0n) is 49.4. The number of anilines is 1. The number of nitrogens with zero attached hydrogens (tertiary/aromatic N) is 7. The van der Waals surface area contributed by atoms with E-state index in [2.05, 4.69) is 91.8 Å². The number of hydrogen-bond acceptors (Lipinski definition) is 16. The molecule has 15 nitrogen and oxygen atoms in total. The SMILES string of the molecule is C.C.CCN(CC(=O)Nc1ccccc1OC)Cc1coc(-c2ccc(C)cc2C)n1.CCn1c(SCc2csc(-c3ccc(OC)c(OC)c3)n2)nc2ccccc21.COc1ccccc1CN(Cc1coc(-c2ccc(F)cc2)n1)Cc1cccs1. The van der Waals surface area contributed by atoms with E-state index in [4.69, 9.17) is 37.7 Å². The molecule has 0 atom stereocenters. The molecule has 11 rings (SSSR count). The second kappa shape index (κ2) is 33.0. The summed E-state index contributed by atoms with van der Waals surface area (Å²) in [5.74, 6) is 4.44. The molecule has 0 bridgehead atoms. The molecule has 0 saturated carbocycles. The molecular formula is C69H77FN8O7S3. The summed E-state index contributed by atoms with van der Waals surface area (Å²) < 4.78 is 48.3. The van der Waals surface area contributed by atoms with Crippen LogP contribution < -0.4 is 24.3 Å². The van der Waals surface area contributed by atoms with Gasteiger partial charge in [-0.2, -0.15) is 0 Å². The molecule has 0 aliphatic carbocycles. The summed E-state index contributed by atoms with van der Waals surface area (Å²) >= 11 is 5.09. The van der Waals surface area contributed by atoms with E-state index in [0.717, 1.165) is 97.5 Å². The summed E-state index contributed by atoms with van der Waals surface area (Å²) in [6, 6.07) is 46.1. The van der Waals surface area contributed by atoms with E-state index in [1.165, 1.54) is 28.1 Å². The highest BCUT2D eigenvalue weighted by atomic mass is 32.2. The van der Waals surface area contributed by atoms with Gasteiger partial charge in [0, 0.05) is 71.0 Å². The Bertz CT molecular complexity index is 3940. The Hall–Kier alpha value is -8.59. The van der Waals surface area contributed by atoms with Crippen molar-refractivity contribution in [3.63, 3.8) is 0 Å². The van der Waals surface area contributed by atoms with Crippen LogP contribution in [-0.2, 0) is 43.3 Å². The van der Waals surface area contributed by atoms with Crippen LogP contribution >= 0.6 is 34.4 Å². The standard InChI is InChI=1S/C23H21FN2O2S.C23H27N3O3.C21H21N3O2S2.2CH4/c1-27-22-7-3-2-5-18(22)13-26(15-21-6-4-12-29-21)14-20-16-28-23(25-20)17-8-10-19(24)11-9-17;1-5-26(14-22(27)25-20-8-6-7-9-21(20)28-4)13-18-15-29-23(24-18)19-11-10-16(2)12-17(19)3;1-4-24-17-8-6-5-7-16(17)23-21(24)28-13-15-12-27-20(22-15)14-9-10-18(25-2)19(11-14)26-3;;/h2-12,16H,13-15H2,1H3;6-12,15H,5,13-14H2,1-4H3,(H,25,27);5-12H,4,13H2,1-3H3;2*1H4. The summed E-state index contributed by atoms with van der Waals surface area (Å²) in [5.41, 5.74) is 11.8. The first-order chi connectivity index (χ1) is 41.9. The van der Waals surface area contributed by atoms with E-state index in [9.17, 15) is 9.18 Å². The number of rotatable bonds is 23. The van der Waals surface area contributed by atoms with Gasteiger partial charge < -0.3 is 37.7 Å². The zero-order chi connectivity index (χ0) is 60.4. The number of carbonyl (C=O) groups excluding carboxylic acids is 1. The van der Waals surface area contributed by atoms with Crippen LogP contribution in [0.4, 0.5) is 10.1 Å². The highest BCUT2D eigenvalue weighted by Gasteiger charge is 2.19. The molecule has 460 valence electrons. The third-order valence-corrected chi connectivity index (χ3v) is 16.6. The van der Waals surface area contributed by atoms with Crippen molar-refractivity contribution in [2.45, 2.75) is 86.2 Å². The van der Waals surface area contributed by atoms with E-state index in [1.54, 1.807) is 87.5 Å². The topological polar surface area (TPSA) is 155 Å². The lowest BCUT2D eigenvalue weighted by atomic mass is 10.1. The van der Waals surface area contributed by atoms with Crippen LogP contribution in [0.25, 0.3) is 44.5 Å². The highest BCUT2D eigenvalue weighted by molar-refractivity contribution is 7.98. The summed E-state index contributed by atoms with van der Waals surface area (Å²) in [6.07, 6.45) is 3.33. The van der Waals surface area contributed by atoms with Crippen LogP contribution in [-0.4, -0.2) is 81.7 Å². The van der Waals surface area contributed by atoms with Crippen LogP contribution in [0.5, 0.6) is 23.0 Å². The Morgan fingerprint density at radius 2 is 1.31 bits per heavy atom. The summed E-state index contributed by atoms with van der Waals surface area (Å²) in [4.78, 5) is 36.9. The number of nitrogens with one attached hydrogen (secondary N) is 1. The molecule has 19 heteroatoms. The molecule has 0 fully saturated rings. The first kappa shape index (κ1) is 66.9. The van der Waals surface area contributed by atoms with Crippen molar-refractivity contribution in [1.29, 1.82) is 0 Å². The molecule has 0 saturated heterocycles. The molecule has 5 heterocycles. The number of ether oxygens (including phenoxy) is 4. The van der Waals surface area contributed by atoms with Gasteiger partial charge in [-0.1, -0.05) is 99.8 Å². The third kappa shape index (κ3) is 17.8. The molecular weight excluding hydrogens is 1170 g/mol. The van der Waals surface area contributed by atoms with E-state index in [0.29, 0.717) is 48.6 Å². The van der Waals surface area contributed by atoms with E-state index < -0.39 is 0 Å². The number of thiazole rings is 1. The minimum Gasteiger partial charge on any atom is -0.496 e. The van der Waals surface area contributed by atoms with Gasteiger partial charge in [-0.3, -0.25) is 14.6 Å². The number of benzene rings is 6. The van der Waals surface area contributed by atoms with Crippen LogP contribution in [0, 0.1) is 19.7 Å². The number of oxazole rings is 2. The normalized spacial score (nSPS) is 10.8. The van der Waals surface area contributed by atoms with Crippen molar-refractivity contribution < 1.29 is 37.0 Å². The smallest absolute Gasteiger partial charge is 0.238 e. The number of halogens is 1. The van der Waals surface area contributed by atoms with Gasteiger partial charge in [0.15, 0.2) is 16.7 Å². The lowest BCUT2D eigenvalue weighted by Gasteiger charge is -2.21. The molecule has 0 radical (unpaired) electrons. The average molecular weight is 1250 g/mol. The van der Waals surface area contributed by atoms with Crippen molar-refractivity contribution in [3.05, 3.63) is 213 Å². The molecule has 11 aromatic rings. The fraction of sp³-hybridized carbons (Fsp3) is 0.261. The molecule has 0 spiro atoms. The lowest BCUT2D eigenvalue weighted by molar-refractivity contribution is -0.117. The number of para-hydroxylation sites is 5. The van der Waals surface area contributed by atoms with E-state index >= 15 is 0 Å². The zero-order valence-corrected chi connectivity index (χ0v) is 51.9. The van der Waals surface area contributed by atoms with Gasteiger partial charge in [0.25, 0.3) is 0 Å². The number of carbonyl (C=O) groups is 1. The molecule has 0 aliphatic heterocycles. The maximum atomic E-state index is 13.2. The molecule has 0 unspecified atom stereocenters. The fourth-order valence-corrected chi connectivity index (χ4v) is 12.1. The van der Waals surface area contributed by atoms with E-state index in [1.807, 2.05) is 97.6 Å². The number of aromatic nitrogens is 5. The maximum absolute atomic E-state index is 13.2. The Labute approximate surface area is 528 Å². The summed E-state index contributed by atoms with van der Waals surface area (Å²) in [7, 11) is 6.56. The van der Waals surface area contributed by atoms with Crippen LogP contribution in [0.2, 0.25) is 0 Å². The van der Waals surface area contributed by atoms with Gasteiger partial charge in [0.1, 0.15) is 34.9 Å². The first-order valence-corrected chi connectivity index (χ1v) is 30.7. The molecule has 6 aromatic carbocycles. The maximum Gasteiger partial charge on any atom is 0.238 e. The Morgan fingerprint density at radius 3 is 2.01 bits per heavy atom. The predicted octanol–water partition coefficient (Wildman–Crippen LogP) is 16.9. The van der Waals surface area contributed by atoms with Crippen molar-refractivity contribution in [1.82, 2.24) is 34.3 Å². The number of aryl methyl sites for hydroxylation is 3. The number of likely N-dealkylation sites (N-methyl/N-ethyl adjacent to an activating group) is 1. The van der Waals surface area contributed by atoms with Gasteiger partial charge >= 0.3 is 0 Å². The van der Waals surface area contributed by atoms with Crippen molar-refractivity contribution in [2.24, 2.45) is 0 Å². The van der Waals surface area contributed by atoms with Crippen LogP contribution in [0.1, 0.15) is 67.4 Å². The molecule has 1 N–H and O–H groups in total. The molecule has 0 aliphatic rings. The molecule has 88 heavy (non-hydrogen) atoms. The van der Waals surface area contributed by atoms with Gasteiger partial charge in [-0.25, -0.2) is 24.3 Å². The Kier molecular flexibility index (Phi) is 25.1. The van der Waals surface area contributed by atoms with Crippen LogP contribution in [0.3, 0.4) is 0 Å². The van der Waals surface area contributed by atoms with Crippen LogP contribution in [0.15, 0.2) is 183 Å². The molecule has 1 amide bonds. The number of imidazole rings is 1. The van der Waals surface area contributed by atoms with Gasteiger partial charge in [0.2, 0.25) is 17.7 Å². The fourth-order valence-electron chi connectivity index (χ4n) is 9.49. The van der Waals surface area contributed by atoms with Crippen molar-refractivity contribution in [3.8, 4) is 56.5 Å². The Morgan fingerprint density at radius 1 is 0.636 bits per heavy atom. The lowest BCUT2D eigenvalue weighted by Crippen LogP contribution is -2.32. The summed E-state index contributed by atoms with van der Waals surface area (Å²) in [5, 5.41) is 9.10. The number of methoxy groups -OCH3 is 4. The average Bonchev–Trinajstić information content (AvgIpc) is 3.96. The minimum atomic E-state index is -0.278. The number of fused-ring (bicyclic) bond motifs is 1. The number of thioether (sulfide) groups is 1. The molecule has 5 aromatic heterocycles. The van der Waals surface area contributed by atoms with E-state index in [-0.39, 0.29) is 33.1 Å². The largest absolute Gasteiger partial charge is 0.496 e. The quantitative estimate of drug-likeness (QED) is 0.0604. The first-order valence-electron chi connectivity index (χ1n) is 27.9. The second-order valence-electron chi connectivity index (χ2n) is 19.8. The van der Waals surface area contributed by atoms with Gasteiger partial charge in [-0.15, -0.1) is 22.7 Å². The number of hydrogen-bond donors (Lipinski definition) is 1. The minimum absolute atomic E-state index is 0. The number of thiophene rings is 1. The number of amides is 1.